The van der Waals surface area contributed by atoms with Gasteiger partial charge in [-0.3, -0.25) is 9.59 Å². The summed E-state index contributed by atoms with van der Waals surface area (Å²) in [5.41, 5.74) is 2.63. The van der Waals surface area contributed by atoms with E-state index >= 15 is 0 Å². The van der Waals surface area contributed by atoms with E-state index in [-0.39, 0.29) is 29.2 Å². The van der Waals surface area contributed by atoms with Crippen molar-refractivity contribution in [1.29, 1.82) is 0 Å². The van der Waals surface area contributed by atoms with Crippen LogP contribution in [0.15, 0.2) is 11.1 Å². The van der Waals surface area contributed by atoms with E-state index in [4.69, 9.17) is 4.74 Å². The van der Waals surface area contributed by atoms with E-state index in [1.54, 1.807) is 0 Å². The molecule has 1 heterocycles. The molecule has 3 heteroatoms. The average Bonchev–Trinajstić information content (AvgIpc) is 2.38. The Morgan fingerprint density at radius 1 is 1.33 bits per heavy atom. The van der Waals surface area contributed by atoms with Gasteiger partial charge < -0.3 is 4.74 Å². The highest BCUT2D eigenvalue weighted by atomic mass is 16.6. The number of cyclic esters (lactones) is 2. The van der Waals surface area contributed by atoms with Crippen LogP contribution in [-0.4, -0.2) is 11.9 Å². The van der Waals surface area contributed by atoms with Crippen molar-refractivity contribution in [2.75, 3.05) is 0 Å². The van der Waals surface area contributed by atoms with E-state index in [9.17, 15) is 9.59 Å². The third-order valence-electron chi connectivity index (χ3n) is 4.47. The number of hydrogen-bond acceptors (Lipinski definition) is 3. The lowest BCUT2D eigenvalue weighted by molar-refractivity contribution is -0.154. The zero-order chi connectivity index (χ0) is 10.8. The summed E-state index contributed by atoms with van der Waals surface area (Å²) in [5, 5.41) is 0. The summed E-state index contributed by atoms with van der Waals surface area (Å²) in [5.74, 6) is -1.00. The fourth-order valence-electron chi connectivity index (χ4n) is 3.59. The zero-order valence-corrected chi connectivity index (χ0v) is 9.00. The molecule has 1 aliphatic heterocycles. The molecule has 0 unspecified atom stereocenters. The molecule has 2 fully saturated rings. The van der Waals surface area contributed by atoms with Crippen LogP contribution in [0.5, 0.6) is 0 Å². The summed E-state index contributed by atoms with van der Waals surface area (Å²) in [7, 11) is 0. The van der Waals surface area contributed by atoms with Gasteiger partial charge in [-0.2, -0.15) is 0 Å². The maximum Gasteiger partial charge on any atom is 0.318 e. The van der Waals surface area contributed by atoms with Gasteiger partial charge in [0.1, 0.15) is 0 Å². The average molecular weight is 206 g/mol. The van der Waals surface area contributed by atoms with E-state index in [1.807, 2.05) is 0 Å². The van der Waals surface area contributed by atoms with Gasteiger partial charge in [-0.05, 0) is 26.2 Å². The van der Waals surface area contributed by atoms with E-state index in [0.717, 1.165) is 19.3 Å². The van der Waals surface area contributed by atoms with Crippen molar-refractivity contribution in [3.63, 3.8) is 0 Å². The van der Waals surface area contributed by atoms with Crippen molar-refractivity contribution < 1.29 is 14.3 Å². The Morgan fingerprint density at radius 3 is 2.67 bits per heavy atom. The highest BCUT2D eigenvalue weighted by Gasteiger charge is 2.60. The molecule has 3 rings (SSSR count). The van der Waals surface area contributed by atoms with Crippen LogP contribution in [0.3, 0.4) is 0 Å². The predicted octanol–water partition coefficient (Wildman–Crippen LogP) is 1.82. The predicted molar refractivity (Wildman–Crippen MR) is 52.7 cm³/mol. The fourth-order valence-corrected chi connectivity index (χ4v) is 3.59. The van der Waals surface area contributed by atoms with Gasteiger partial charge in [0.15, 0.2) is 0 Å². The molecule has 3 aliphatic rings. The van der Waals surface area contributed by atoms with Crippen LogP contribution in [0.4, 0.5) is 0 Å². The Morgan fingerprint density at radius 2 is 2.07 bits per heavy atom. The highest BCUT2D eigenvalue weighted by Crippen LogP contribution is 2.60. The third kappa shape index (κ3) is 0.912. The van der Waals surface area contributed by atoms with Gasteiger partial charge >= 0.3 is 11.9 Å². The van der Waals surface area contributed by atoms with Crippen molar-refractivity contribution >= 4 is 11.9 Å². The minimum absolute atomic E-state index is 0.0732. The molecule has 0 amide bonds. The Kier molecular flexibility index (Phi) is 1.53. The second-order valence-corrected chi connectivity index (χ2v) is 5.20. The molecule has 15 heavy (non-hydrogen) atoms. The summed E-state index contributed by atoms with van der Waals surface area (Å²) >= 11 is 0. The summed E-state index contributed by atoms with van der Waals surface area (Å²) in [6.07, 6.45) is 2.83. The number of carbonyl (C=O) groups is 2. The number of rotatable bonds is 0. The lowest BCUT2D eigenvalue weighted by Crippen LogP contribution is -2.46. The van der Waals surface area contributed by atoms with Crippen LogP contribution in [0.1, 0.15) is 33.1 Å². The molecule has 0 aromatic carbocycles. The van der Waals surface area contributed by atoms with Gasteiger partial charge in [0.25, 0.3) is 0 Å². The SMILES string of the molecule is CC1=C2CC[C@]2(C)[C@@H]2C(=O)OC(=O)[C@@H]2C1. The number of ether oxygens (including phenoxy) is 1. The third-order valence-corrected chi connectivity index (χ3v) is 4.47. The van der Waals surface area contributed by atoms with Gasteiger partial charge in [0, 0.05) is 5.41 Å². The molecule has 0 aromatic heterocycles. The van der Waals surface area contributed by atoms with Crippen LogP contribution >= 0.6 is 0 Å². The molecule has 0 bridgehead atoms. The van der Waals surface area contributed by atoms with Crippen LogP contribution in [-0.2, 0) is 14.3 Å². The Hall–Kier alpha value is -1.12. The van der Waals surface area contributed by atoms with Gasteiger partial charge in [0.2, 0.25) is 0 Å². The maximum absolute atomic E-state index is 11.7. The minimum atomic E-state index is -0.309. The molecular formula is C12H14O3. The van der Waals surface area contributed by atoms with Crippen molar-refractivity contribution in [3.05, 3.63) is 11.1 Å². The molecule has 1 saturated heterocycles. The van der Waals surface area contributed by atoms with Crippen molar-refractivity contribution in [3.8, 4) is 0 Å². The number of carbonyl (C=O) groups excluding carboxylic acids is 2. The number of fused-ring (bicyclic) bond motifs is 3. The molecule has 1 saturated carbocycles. The topological polar surface area (TPSA) is 43.4 Å². The second-order valence-electron chi connectivity index (χ2n) is 5.20. The first kappa shape index (κ1) is 9.13. The molecule has 80 valence electrons. The van der Waals surface area contributed by atoms with Crippen molar-refractivity contribution in [2.24, 2.45) is 17.3 Å². The number of allylic oxidation sites excluding steroid dienone is 2. The standard InChI is InChI=1S/C12H14O3/c1-6-5-7-9(11(14)15-10(7)13)12(2)4-3-8(6)12/h7,9H,3-5H2,1-2H3/t7-,9+,12+/m1/s1. The van der Waals surface area contributed by atoms with Gasteiger partial charge in [-0.1, -0.05) is 18.1 Å². The Labute approximate surface area is 88.5 Å². The number of esters is 2. The highest BCUT2D eigenvalue weighted by molar-refractivity contribution is 5.98. The quantitative estimate of drug-likeness (QED) is 0.345. The van der Waals surface area contributed by atoms with E-state index in [1.165, 1.54) is 11.1 Å². The summed E-state index contributed by atoms with van der Waals surface area (Å²) < 4.78 is 4.77. The van der Waals surface area contributed by atoms with Crippen LogP contribution < -0.4 is 0 Å². The first-order valence-electron chi connectivity index (χ1n) is 5.48. The monoisotopic (exact) mass is 206 g/mol. The zero-order valence-electron chi connectivity index (χ0n) is 9.00. The molecule has 0 N–H and O–H groups in total. The molecule has 0 aromatic rings. The Balaban J connectivity index is 2.11. The molecule has 3 nitrogen and oxygen atoms in total. The molecule has 0 spiro atoms. The van der Waals surface area contributed by atoms with Gasteiger partial charge in [0.05, 0.1) is 11.8 Å². The Bertz CT molecular complexity index is 407. The molecule has 2 aliphatic carbocycles. The first-order valence-corrected chi connectivity index (χ1v) is 5.48. The normalized spacial score (nSPS) is 43.3. The molecular weight excluding hydrogens is 192 g/mol. The lowest BCUT2D eigenvalue weighted by Gasteiger charge is -2.50. The first-order chi connectivity index (χ1) is 7.04. The van der Waals surface area contributed by atoms with Crippen molar-refractivity contribution in [1.82, 2.24) is 0 Å². The fraction of sp³-hybridized carbons (Fsp3) is 0.667. The van der Waals surface area contributed by atoms with E-state index in [0.29, 0.717) is 0 Å². The van der Waals surface area contributed by atoms with E-state index in [2.05, 4.69) is 13.8 Å². The summed E-state index contributed by atoms with van der Waals surface area (Å²) in [4.78, 5) is 23.2. The van der Waals surface area contributed by atoms with Crippen LogP contribution in [0.2, 0.25) is 0 Å². The largest absolute Gasteiger partial charge is 0.393 e. The smallest absolute Gasteiger partial charge is 0.318 e. The van der Waals surface area contributed by atoms with Crippen LogP contribution in [0.25, 0.3) is 0 Å². The maximum atomic E-state index is 11.7. The van der Waals surface area contributed by atoms with Crippen molar-refractivity contribution in [2.45, 2.75) is 33.1 Å². The van der Waals surface area contributed by atoms with Gasteiger partial charge in [-0.15, -0.1) is 0 Å². The lowest BCUT2D eigenvalue weighted by atomic mass is 9.51. The molecule has 3 atom stereocenters. The summed E-state index contributed by atoms with van der Waals surface area (Å²) in [6.45, 7) is 4.19. The molecule has 0 radical (unpaired) electrons. The minimum Gasteiger partial charge on any atom is -0.393 e. The van der Waals surface area contributed by atoms with Crippen LogP contribution in [0, 0.1) is 17.3 Å². The number of hydrogen-bond donors (Lipinski definition) is 0. The van der Waals surface area contributed by atoms with Gasteiger partial charge in [-0.25, -0.2) is 0 Å². The van der Waals surface area contributed by atoms with E-state index < -0.39 is 0 Å². The second kappa shape index (κ2) is 2.52. The summed E-state index contributed by atoms with van der Waals surface area (Å²) in [6, 6.07) is 0.